The van der Waals surface area contributed by atoms with E-state index in [4.69, 9.17) is 15.2 Å². The number of nitrogens with zero attached hydrogens (tertiary/aromatic N) is 1. The minimum absolute atomic E-state index is 0.184. The molecule has 0 fully saturated rings. The van der Waals surface area contributed by atoms with Gasteiger partial charge in [0.1, 0.15) is 11.8 Å². The second kappa shape index (κ2) is 7.64. The van der Waals surface area contributed by atoms with Crippen LogP contribution in [0.1, 0.15) is 19.4 Å². The van der Waals surface area contributed by atoms with Gasteiger partial charge in [-0.3, -0.25) is 4.79 Å². The summed E-state index contributed by atoms with van der Waals surface area (Å²) >= 11 is 0. The molecule has 116 valence electrons. The number of amides is 1. The normalized spacial score (nSPS) is 11.9. The zero-order chi connectivity index (χ0) is 16.0. The molecule has 0 bridgehead atoms. The fourth-order valence-electron chi connectivity index (χ4n) is 1.54. The molecule has 1 aromatic rings. The number of benzene rings is 1. The van der Waals surface area contributed by atoms with Gasteiger partial charge in [0.05, 0.1) is 6.10 Å². The highest BCUT2D eigenvalue weighted by Gasteiger charge is 2.17. The molecule has 0 heterocycles. The van der Waals surface area contributed by atoms with Gasteiger partial charge in [0, 0.05) is 14.1 Å². The van der Waals surface area contributed by atoms with Crippen molar-refractivity contribution in [2.24, 2.45) is 5.73 Å². The summed E-state index contributed by atoms with van der Waals surface area (Å²) in [7, 11) is 3.21. The number of rotatable bonds is 5. The van der Waals surface area contributed by atoms with Gasteiger partial charge in [-0.2, -0.15) is 0 Å². The minimum atomic E-state index is -0.706. The Labute approximate surface area is 124 Å². The van der Waals surface area contributed by atoms with Crippen LogP contribution in [0.4, 0.5) is 4.79 Å². The highest BCUT2D eigenvalue weighted by atomic mass is 16.6. The van der Waals surface area contributed by atoms with Crippen molar-refractivity contribution in [1.82, 2.24) is 4.90 Å². The first-order valence-electron chi connectivity index (χ1n) is 6.73. The zero-order valence-electron chi connectivity index (χ0n) is 12.8. The molecule has 0 unspecified atom stereocenters. The van der Waals surface area contributed by atoms with E-state index in [1.54, 1.807) is 52.2 Å². The van der Waals surface area contributed by atoms with E-state index in [1.165, 1.54) is 4.90 Å². The molecule has 1 rings (SSSR count). The molecule has 0 aliphatic carbocycles. The molecule has 0 radical (unpaired) electrons. The first kappa shape index (κ1) is 17.0. The Kier molecular flexibility index (Phi) is 6.17. The number of hydrogen-bond donors (Lipinski definition) is 1. The van der Waals surface area contributed by atoms with E-state index in [0.29, 0.717) is 12.2 Å². The van der Waals surface area contributed by atoms with Crippen molar-refractivity contribution in [3.63, 3.8) is 0 Å². The van der Waals surface area contributed by atoms with Crippen LogP contribution in [0.3, 0.4) is 0 Å². The molecule has 0 aromatic heterocycles. The van der Waals surface area contributed by atoms with Gasteiger partial charge in [0.25, 0.3) is 0 Å². The van der Waals surface area contributed by atoms with Crippen LogP contribution >= 0.6 is 0 Å². The monoisotopic (exact) mass is 294 g/mol. The van der Waals surface area contributed by atoms with Gasteiger partial charge >= 0.3 is 12.1 Å². The van der Waals surface area contributed by atoms with Crippen molar-refractivity contribution < 1.29 is 19.1 Å². The third-order valence-corrected chi connectivity index (χ3v) is 2.60. The number of carbonyl (C=O) groups is 2. The fourth-order valence-corrected chi connectivity index (χ4v) is 1.54. The summed E-state index contributed by atoms with van der Waals surface area (Å²) < 4.78 is 10.1. The summed E-state index contributed by atoms with van der Waals surface area (Å²) in [5.74, 6) is 0.0175. The van der Waals surface area contributed by atoms with Gasteiger partial charge in [-0.05, 0) is 38.0 Å². The van der Waals surface area contributed by atoms with Gasteiger partial charge in [-0.1, -0.05) is 12.1 Å². The highest BCUT2D eigenvalue weighted by Crippen LogP contribution is 2.14. The first-order chi connectivity index (χ1) is 9.79. The van der Waals surface area contributed by atoms with Crippen molar-refractivity contribution >= 4 is 12.1 Å². The number of nitrogens with two attached hydrogens (primary N) is 1. The van der Waals surface area contributed by atoms with E-state index < -0.39 is 18.1 Å². The van der Waals surface area contributed by atoms with E-state index in [1.807, 2.05) is 0 Å². The SMILES string of the molecule is CC(C)OC(=O)[C@@H](N)Cc1ccc(OC(=O)N(C)C)cc1. The molecule has 6 heteroatoms. The summed E-state index contributed by atoms with van der Waals surface area (Å²) in [6.07, 6.45) is -0.260. The van der Waals surface area contributed by atoms with Crippen LogP contribution in [0.15, 0.2) is 24.3 Å². The predicted octanol–water partition coefficient (Wildman–Crippen LogP) is 1.57. The van der Waals surface area contributed by atoms with Crippen molar-refractivity contribution in [2.75, 3.05) is 14.1 Å². The summed E-state index contributed by atoms with van der Waals surface area (Å²) in [5.41, 5.74) is 6.66. The highest BCUT2D eigenvalue weighted by molar-refractivity contribution is 5.76. The molecule has 2 N–H and O–H groups in total. The Morgan fingerprint density at radius 2 is 1.76 bits per heavy atom. The topological polar surface area (TPSA) is 81.9 Å². The molecule has 0 aliphatic heterocycles. The standard InChI is InChI=1S/C15H22N2O4/c1-10(2)20-14(18)13(16)9-11-5-7-12(8-6-11)21-15(19)17(3)4/h5-8,10,13H,9,16H2,1-4H3/t13-/m0/s1. The van der Waals surface area contributed by atoms with Crippen molar-refractivity contribution in [3.05, 3.63) is 29.8 Å². The van der Waals surface area contributed by atoms with Crippen molar-refractivity contribution in [2.45, 2.75) is 32.4 Å². The van der Waals surface area contributed by atoms with Crippen LogP contribution in [0.25, 0.3) is 0 Å². The Balaban J connectivity index is 2.58. The molecular formula is C15H22N2O4. The van der Waals surface area contributed by atoms with Gasteiger partial charge in [0.2, 0.25) is 0 Å². The van der Waals surface area contributed by atoms with E-state index >= 15 is 0 Å². The third kappa shape index (κ3) is 5.83. The number of hydrogen-bond acceptors (Lipinski definition) is 5. The molecule has 6 nitrogen and oxygen atoms in total. The minimum Gasteiger partial charge on any atom is -0.462 e. The molecule has 21 heavy (non-hydrogen) atoms. The maximum Gasteiger partial charge on any atom is 0.414 e. The molecule has 0 aliphatic rings. The first-order valence-corrected chi connectivity index (χ1v) is 6.73. The Morgan fingerprint density at radius 3 is 2.24 bits per heavy atom. The van der Waals surface area contributed by atoms with E-state index in [2.05, 4.69) is 0 Å². The molecule has 1 aromatic carbocycles. The lowest BCUT2D eigenvalue weighted by atomic mass is 10.1. The lowest BCUT2D eigenvalue weighted by Crippen LogP contribution is -2.35. The number of carbonyl (C=O) groups excluding carboxylic acids is 2. The smallest absolute Gasteiger partial charge is 0.414 e. The van der Waals surface area contributed by atoms with Crippen LogP contribution in [-0.4, -0.2) is 43.2 Å². The number of esters is 1. The van der Waals surface area contributed by atoms with Crippen LogP contribution < -0.4 is 10.5 Å². The summed E-state index contributed by atoms with van der Waals surface area (Å²) in [4.78, 5) is 24.4. The quantitative estimate of drug-likeness (QED) is 0.834. The number of ether oxygens (including phenoxy) is 2. The maximum atomic E-state index is 11.6. The van der Waals surface area contributed by atoms with Crippen LogP contribution in [-0.2, 0) is 16.0 Å². The average molecular weight is 294 g/mol. The summed E-state index contributed by atoms with van der Waals surface area (Å²) in [6.45, 7) is 3.55. The van der Waals surface area contributed by atoms with Crippen LogP contribution in [0.5, 0.6) is 5.75 Å². The molecular weight excluding hydrogens is 272 g/mol. The van der Waals surface area contributed by atoms with Crippen molar-refractivity contribution in [3.8, 4) is 5.75 Å². The second-order valence-electron chi connectivity index (χ2n) is 5.20. The predicted molar refractivity (Wildman–Crippen MR) is 79.1 cm³/mol. The lowest BCUT2D eigenvalue weighted by molar-refractivity contribution is -0.148. The third-order valence-electron chi connectivity index (χ3n) is 2.60. The maximum absolute atomic E-state index is 11.6. The molecule has 1 amide bonds. The Hall–Kier alpha value is -2.08. The molecule has 0 saturated heterocycles. The molecule has 0 spiro atoms. The van der Waals surface area contributed by atoms with Crippen LogP contribution in [0, 0.1) is 0 Å². The molecule has 0 saturated carbocycles. The summed E-state index contributed by atoms with van der Waals surface area (Å²) in [6, 6.07) is 6.15. The van der Waals surface area contributed by atoms with Crippen molar-refractivity contribution in [1.29, 1.82) is 0 Å². The van der Waals surface area contributed by atoms with Crippen LogP contribution in [0.2, 0.25) is 0 Å². The van der Waals surface area contributed by atoms with E-state index in [9.17, 15) is 9.59 Å². The Morgan fingerprint density at radius 1 is 1.19 bits per heavy atom. The lowest BCUT2D eigenvalue weighted by Gasteiger charge is -2.14. The van der Waals surface area contributed by atoms with E-state index in [0.717, 1.165) is 5.56 Å². The average Bonchev–Trinajstić information content (AvgIpc) is 2.39. The zero-order valence-corrected chi connectivity index (χ0v) is 12.8. The van der Waals surface area contributed by atoms with Gasteiger partial charge < -0.3 is 20.1 Å². The van der Waals surface area contributed by atoms with Gasteiger partial charge in [-0.15, -0.1) is 0 Å². The van der Waals surface area contributed by atoms with E-state index in [-0.39, 0.29) is 6.10 Å². The van der Waals surface area contributed by atoms with Gasteiger partial charge in [0.15, 0.2) is 0 Å². The largest absolute Gasteiger partial charge is 0.462 e. The molecule has 1 atom stereocenters. The van der Waals surface area contributed by atoms with Gasteiger partial charge in [-0.25, -0.2) is 4.79 Å². The second-order valence-corrected chi connectivity index (χ2v) is 5.20. The summed E-state index contributed by atoms with van der Waals surface area (Å²) in [5, 5.41) is 0. The fraction of sp³-hybridized carbons (Fsp3) is 0.467. The Bertz CT molecular complexity index is 483.